The molecule has 1 aromatic heterocycles. The monoisotopic (exact) mass is 311 g/mol. The number of hydrogen-bond donors (Lipinski definition) is 0. The Labute approximate surface area is 127 Å². The van der Waals surface area contributed by atoms with Crippen LogP contribution in [-0.4, -0.2) is 26.5 Å². The van der Waals surface area contributed by atoms with Crippen molar-refractivity contribution in [3.63, 3.8) is 0 Å². The first-order valence-corrected chi connectivity index (χ1v) is 7.05. The summed E-state index contributed by atoms with van der Waals surface area (Å²) in [5, 5.41) is 4.78. The lowest BCUT2D eigenvalue weighted by Crippen LogP contribution is -2.30. The van der Waals surface area contributed by atoms with Crippen LogP contribution >= 0.6 is 23.2 Å². The second-order valence-electron chi connectivity index (χ2n) is 4.53. The lowest BCUT2D eigenvalue weighted by molar-refractivity contribution is -0.129. The predicted octanol–water partition coefficient (Wildman–Crippen LogP) is 2.84. The van der Waals surface area contributed by atoms with Gasteiger partial charge in [-0.2, -0.15) is 5.10 Å². The normalized spacial score (nSPS) is 10.6. The second-order valence-corrected chi connectivity index (χ2v) is 5.24. The minimum Gasteiger partial charge on any atom is -0.333 e. The number of carbonyl (C=O) groups excluding carboxylic acids is 1. The van der Waals surface area contributed by atoms with E-state index in [4.69, 9.17) is 23.2 Å². The first-order valence-electron chi connectivity index (χ1n) is 6.14. The first kappa shape index (κ1) is 14.9. The molecule has 0 aliphatic rings. The molecule has 0 unspecified atom stereocenters. The van der Waals surface area contributed by atoms with E-state index in [0.29, 0.717) is 18.1 Å². The van der Waals surface area contributed by atoms with Crippen LogP contribution in [0.3, 0.4) is 0 Å². The summed E-state index contributed by atoms with van der Waals surface area (Å²) >= 11 is 11.5. The number of rotatable bonds is 5. The summed E-state index contributed by atoms with van der Waals surface area (Å²) in [7, 11) is 1.84. The molecule has 1 heterocycles. The Bertz CT molecular complexity index is 580. The van der Waals surface area contributed by atoms with E-state index in [9.17, 15) is 4.79 Å². The molecule has 0 saturated heterocycles. The highest BCUT2D eigenvalue weighted by atomic mass is 35.5. The van der Waals surface area contributed by atoms with Gasteiger partial charge in [-0.3, -0.25) is 9.48 Å². The van der Waals surface area contributed by atoms with Gasteiger partial charge in [-0.05, 0) is 17.7 Å². The van der Waals surface area contributed by atoms with E-state index < -0.39 is 0 Å². The SMILES string of the molecule is Cn1cc(CN(Cc2ccc(Cl)cc2)C(=O)CCl)cn1. The lowest BCUT2D eigenvalue weighted by atomic mass is 10.2. The van der Waals surface area contributed by atoms with Crippen LogP contribution in [0.4, 0.5) is 0 Å². The van der Waals surface area contributed by atoms with E-state index in [1.54, 1.807) is 15.8 Å². The van der Waals surface area contributed by atoms with Crippen molar-refractivity contribution in [2.45, 2.75) is 13.1 Å². The number of amides is 1. The zero-order chi connectivity index (χ0) is 14.5. The van der Waals surface area contributed by atoms with Crippen molar-refractivity contribution in [3.8, 4) is 0 Å². The van der Waals surface area contributed by atoms with Crippen LogP contribution in [0, 0.1) is 0 Å². The molecule has 1 aromatic carbocycles. The van der Waals surface area contributed by atoms with Crippen LogP contribution in [-0.2, 0) is 24.9 Å². The maximum atomic E-state index is 11.9. The highest BCUT2D eigenvalue weighted by Gasteiger charge is 2.14. The molecule has 6 heteroatoms. The number of alkyl halides is 1. The summed E-state index contributed by atoms with van der Waals surface area (Å²) in [5.41, 5.74) is 1.98. The molecule has 0 saturated carbocycles. The second kappa shape index (κ2) is 6.77. The maximum absolute atomic E-state index is 11.9. The Morgan fingerprint density at radius 2 is 1.90 bits per heavy atom. The molecular weight excluding hydrogens is 297 g/mol. The zero-order valence-electron chi connectivity index (χ0n) is 11.1. The van der Waals surface area contributed by atoms with Crippen LogP contribution in [0.2, 0.25) is 5.02 Å². The number of hydrogen-bond acceptors (Lipinski definition) is 2. The molecule has 0 N–H and O–H groups in total. The number of halogens is 2. The quantitative estimate of drug-likeness (QED) is 0.796. The van der Waals surface area contributed by atoms with E-state index in [0.717, 1.165) is 11.1 Å². The Morgan fingerprint density at radius 1 is 1.25 bits per heavy atom. The molecule has 0 bridgehead atoms. The van der Waals surface area contributed by atoms with Crippen molar-refractivity contribution < 1.29 is 4.79 Å². The summed E-state index contributed by atoms with van der Waals surface area (Å²) < 4.78 is 1.71. The van der Waals surface area contributed by atoms with Crippen molar-refractivity contribution in [3.05, 3.63) is 52.8 Å². The summed E-state index contributed by atoms with van der Waals surface area (Å²) in [6, 6.07) is 7.43. The van der Waals surface area contributed by atoms with Gasteiger partial charge in [0.25, 0.3) is 0 Å². The van der Waals surface area contributed by atoms with Crippen LogP contribution in [0.1, 0.15) is 11.1 Å². The van der Waals surface area contributed by atoms with Gasteiger partial charge in [0.2, 0.25) is 5.91 Å². The fraction of sp³-hybridized carbons (Fsp3) is 0.286. The first-order chi connectivity index (χ1) is 9.58. The van der Waals surface area contributed by atoms with Crippen LogP contribution in [0.15, 0.2) is 36.7 Å². The van der Waals surface area contributed by atoms with E-state index >= 15 is 0 Å². The van der Waals surface area contributed by atoms with Gasteiger partial charge in [-0.25, -0.2) is 0 Å². The summed E-state index contributed by atoms with van der Waals surface area (Å²) in [6.45, 7) is 0.986. The van der Waals surface area contributed by atoms with E-state index in [1.807, 2.05) is 37.5 Å². The van der Waals surface area contributed by atoms with Gasteiger partial charge in [-0.15, -0.1) is 11.6 Å². The number of carbonyl (C=O) groups is 1. The molecule has 0 atom stereocenters. The van der Waals surface area contributed by atoms with Crippen molar-refractivity contribution in [2.24, 2.45) is 7.05 Å². The minimum atomic E-state index is -0.106. The summed E-state index contributed by atoms with van der Waals surface area (Å²) in [4.78, 5) is 13.6. The van der Waals surface area contributed by atoms with E-state index in [1.165, 1.54) is 0 Å². The van der Waals surface area contributed by atoms with Gasteiger partial charge in [0.1, 0.15) is 5.88 Å². The lowest BCUT2D eigenvalue weighted by Gasteiger charge is -2.21. The number of aromatic nitrogens is 2. The third-order valence-corrected chi connectivity index (χ3v) is 3.37. The van der Waals surface area contributed by atoms with Crippen molar-refractivity contribution >= 4 is 29.1 Å². The Hall–Kier alpha value is -1.52. The Balaban J connectivity index is 2.11. The average molecular weight is 312 g/mol. The molecule has 20 heavy (non-hydrogen) atoms. The molecule has 1 amide bonds. The van der Waals surface area contributed by atoms with Crippen molar-refractivity contribution in [1.29, 1.82) is 0 Å². The van der Waals surface area contributed by atoms with Crippen LogP contribution in [0.25, 0.3) is 0 Å². The highest BCUT2D eigenvalue weighted by Crippen LogP contribution is 2.14. The molecule has 2 rings (SSSR count). The van der Waals surface area contributed by atoms with Gasteiger partial charge in [0, 0.05) is 36.9 Å². The molecular formula is C14H15Cl2N3O. The van der Waals surface area contributed by atoms with E-state index in [2.05, 4.69) is 5.10 Å². The summed E-state index contributed by atoms with van der Waals surface area (Å²) in [6.07, 6.45) is 3.63. The molecule has 0 aliphatic carbocycles. The van der Waals surface area contributed by atoms with Crippen LogP contribution in [0.5, 0.6) is 0 Å². The van der Waals surface area contributed by atoms with Crippen molar-refractivity contribution in [1.82, 2.24) is 14.7 Å². The third kappa shape index (κ3) is 3.99. The van der Waals surface area contributed by atoms with E-state index in [-0.39, 0.29) is 11.8 Å². The van der Waals surface area contributed by atoms with Gasteiger partial charge >= 0.3 is 0 Å². The molecule has 0 fully saturated rings. The molecule has 4 nitrogen and oxygen atoms in total. The zero-order valence-corrected chi connectivity index (χ0v) is 12.6. The fourth-order valence-corrected chi connectivity index (χ4v) is 2.20. The highest BCUT2D eigenvalue weighted by molar-refractivity contribution is 6.30. The smallest absolute Gasteiger partial charge is 0.238 e. The molecule has 0 spiro atoms. The molecule has 0 radical (unpaired) electrons. The van der Waals surface area contributed by atoms with Gasteiger partial charge in [-0.1, -0.05) is 23.7 Å². The Kier molecular flexibility index (Phi) is 5.04. The minimum absolute atomic E-state index is 0.0339. The maximum Gasteiger partial charge on any atom is 0.238 e. The number of aryl methyl sites for hydroxylation is 1. The predicted molar refractivity (Wildman–Crippen MR) is 79.6 cm³/mol. The van der Waals surface area contributed by atoms with Gasteiger partial charge < -0.3 is 4.90 Å². The summed E-state index contributed by atoms with van der Waals surface area (Å²) in [5.74, 6) is -0.140. The largest absolute Gasteiger partial charge is 0.333 e. The van der Waals surface area contributed by atoms with Gasteiger partial charge in [0.05, 0.1) is 6.20 Å². The molecule has 2 aromatic rings. The average Bonchev–Trinajstić information content (AvgIpc) is 2.85. The fourth-order valence-electron chi connectivity index (χ4n) is 1.90. The Morgan fingerprint density at radius 3 is 2.45 bits per heavy atom. The topological polar surface area (TPSA) is 38.1 Å². The van der Waals surface area contributed by atoms with Gasteiger partial charge in [0.15, 0.2) is 0 Å². The number of benzene rings is 1. The van der Waals surface area contributed by atoms with Crippen LogP contribution < -0.4 is 0 Å². The molecule has 0 aliphatic heterocycles. The standard InChI is InChI=1S/C14H15Cl2N3O/c1-18-8-12(7-17-18)10-19(14(20)6-15)9-11-2-4-13(16)5-3-11/h2-5,7-8H,6,9-10H2,1H3. The molecule has 106 valence electrons. The number of nitrogens with zero attached hydrogens (tertiary/aromatic N) is 3. The van der Waals surface area contributed by atoms with Crippen molar-refractivity contribution in [2.75, 3.05) is 5.88 Å². The third-order valence-electron chi connectivity index (χ3n) is 2.89.